The van der Waals surface area contributed by atoms with E-state index < -0.39 is 41.2 Å². The van der Waals surface area contributed by atoms with Crippen LogP contribution in [0.3, 0.4) is 0 Å². The fourth-order valence-corrected chi connectivity index (χ4v) is 10.4. The van der Waals surface area contributed by atoms with Gasteiger partial charge in [0, 0.05) is 18.8 Å². The molecule has 1 aromatic carbocycles. The number of carbonyl (C=O) groups is 1. The van der Waals surface area contributed by atoms with Crippen molar-refractivity contribution in [3.8, 4) is 11.7 Å². The Morgan fingerprint density at radius 1 is 1.12 bits per heavy atom. The van der Waals surface area contributed by atoms with Crippen LogP contribution in [0.5, 0.6) is 5.88 Å². The van der Waals surface area contributed by atoms with Crippen LogP contribution in [0, 0.1) is 11.3 Å². The Kier molecular flexibility index (Phi) is 7.56. The summed E-state index contributed by atoms with van der Waals surface area (Å²) in [4.78, 5) is 18.4. The molecule has 3 aromatic rings. The van der Waals surface area contributed by atoms with Crippen molar-refractivity contribution < 1.29 is 31.1 Å². The largest absolute Gasteiger partial charge is 0.477 e. The maximum Gasteiger partial charge on any atom is 0.394 e. The van der Waals surface area contributed by atoms with Crippen molar-refractivity contribution in [2.45, 2.75) is 56.4 Å². The third kappa shape index (κ3) is 6.06. The van der Waals surface area contributed by atoms with Gasteiger partial charge >= 0.3 is 6.18 Å². The number of ether oxygens (including phenoxy) is 1. The number of benzene rings is 1. The minimum absolute atomic E-state index is 0.0795. The van der Waals surface area contributed by atoms with Crippen molar-refractivity contribution in [1.29, 1.82) is 0 Å². The molecule has 0 amide bonds. The van der Waals surface area contributed by atoms with Crippen LogP contribution in [0.15, 0.2) is 59.6 Å². The first-order valence-corrected chi connectivity index (χ1v) is 18.4. The monoisotopic (exact) mass is 606 g/mol. The number of aromatic nitrogens is 3. The normalized spacial score (nSPS) is 19.8. The fraction of sp³-hybridized carbons (Fsp3) is 0.464. The van der Waals surface area contributed by atoms with Crippen LogP contribution in [0.2, 0.25) is 19.1 Å². The summed E-state index contributed by atoms with van der Waals surface area (Å²) < 4.78 is 74.8. The van der Waals surface area contributed by atoms with Gasteiger partial charge in [-0.1, -0.05) is 38.2 Å². The third-order valence-electron chi connectivity index (χ3n) is 8.00. The van der Waals surface area contributed by atoms with E-state index in [4.69, 9.17) is 9.72 Å². The second-order valence-electron chi connectivity index (χ2n) is 11.7. The number of alkyl halides is 3. The molecule has 0 spiro atoms. The van der Waals surface area contributed by atoms with Gasteiger partial charge in [0.25, 0.3) is 0 Å². The summed E-state index contributed by atoms with van der Waals surface area (Å²) in [6.07, 6.45) is -2.53. The van der Waals surface area contributed by atoms with Crippen LogP contribution in [-0.4, -0.2) is 62.3 Å². The molecule has 13 heteroatoms. The Balaban J connectivity index is 1.40. The Morgan fingerprint density at radius 3 is 2.44 bits per heavy atom. The number of Topliss-reactive ketones (excluding diaryl/α,β-unsaturated/α-hetero) is 1. The Labute approximate surface area is 238 Å². The standard InChI is InChI=1S/C28H33F3N4O4SSi/c1-20-17-35(41(2,3)19-20)26-22(23(36)18-40(37,38)21-7-5-4-6-8-21)9-10-24(32-26)34-15-11-25(33-34)39-16-14-27(12-13-27)28(29,30)31/h4-11,15,20H,12-14,16-19H2,1-3H3/t20-/m1/s1. The van der Waals surface area contributed by atoms with Gasteiger partial charge in [-0.25, -0.2) is 18.1 Å². The smallest absolute Gasteiger partial charge is 0.394 e. The van der Waals surface area contributed by atoms with Gasteiger partial charge in [-0.2, -0.15) is 13.2 Å². The topological polar surface area (TPSA) is 94.4 Å². The molecule has 5 rings (SSSR count). The Morgan fingerprint density at radius 2 is 1.83 bits per heavy atom. The zero-order chi connectivity index (χ0) is 29.6. The van der Waals surface area contributed by atoms with Crippen LogP contribution in [0.4, 0.5) is 19.0 Å². The number of halogens is 3. The van der Waals surface area contributed by atoms with E-state index in [2.05, 4.69) is 29.7 Å². The second-order valence-corrected chi connectivity index (χ2v) is 18.3. The first-order chi connectivity index (χ1) is 19.2. The highest BCUT2D eigenvalue weighted by molar-refractivity contribution is 7.92. The summed E-state index contributed by atoms with van der Waals surface area (Å²) in [7, 11) is -5.87. The molecule has 1 atom stereocenters. The number of anilines is 1. The lowest BCUT2D eigenvalue weighted by Gasteiger charge is -2.32. The lowest BCUT2D eigenvalue weighted by Crippen LogP contribution is -2.44. The lowest BCUT2D eigenvalue weighted by molar-refractivity contribution is -0.190. The zero-order valence-corrected chi connectivity index (χ0v) is 25.0. The summed E-state index contributed by atoms with van der Waals surface area (Å²) in [6, 6.07) is 13.6. The van der Waals surface area contributed by atoms with Crippen LogP contribution >= 0.6 is 0 Å². The number of carbonyl (C=O) groups excluding carboxylic acids is 1. The van der Waals surface area contributed by atoms with Gasteiger partial charge in [-0.15, -0.1) is 5.10 Å². The van der Waals surface area contributed by atoms with E-state index in [1.54, 1.807) is 42.6 Å². The second kappa shape index (κ2) is 10.6. The first kappa shape index (κ1) is 29.3. The molecule has 0 unspecified atom stereocenters. The number of hydrogen-bond donors (Lipinski definition) is 0. The van der Waals surface area contributed by atoms with Crippen LogP contribution in [0.25, 0.3) is 5.82 Å². The van der Waals surface area contributed by atoms with E-state index in [1.165, 1.54) is 16.8 Å². The molecular weight excluding hydrogens is 573 g/mol. The maximum atomic E-state index is 13.5. The lowest BCUT2D eigenvalue weighted by atomic mass is 10.0. The number of ketones is 1. The molecule has 41 heavy (non-hydrogen) atoms. The number of hydrogen-bond acceptors (Lipinski definition) is 7. The highest BCUT2D eigenvalue weighted by Gasteiger charge is 2.62. The van der Waals surface area contributed by atoms with Crippen molar-refractivity contribution in [1.82, 2.24) is 14.8 Å². The average molecular weight is 607 g/mol. The molecule has 220 valence electrons. The quantitative estimate of drug-likeness (QED) is 0.216. The predicted octanol–water partition coefficient (Wildman–Crippen LogP) is 5.70. The van der Waals surface area contributed by atoms with Crippen molar-refractivity contribution in [3.05, 3.63) is 60.3 Å². The number of nitrogens with zero attached hydrogens (tertiary/aromatic N) is 4. The molecule has 2 aromatic heterocycles. The van der Waals surface area contributed by atoms with Gasteiger partial charge in [0.1, 0.15) is 11.6 Å². The van der Waals surface area contributed by atoms with E-state index in [0.717, 1.165) is 6.04 Å². The molecule has 0 N–H and O–H groups in total. The molecule has 1 aliphatic carbocycles. The van der Waals surface area contributed by atoms with Crippen LogP contribution in [-0.2, 0) is 9.84 Å². The van der Waals surface area contributed by atoms with Crippen LogP contribution in [0.1, 0.15) is 36.5 Å². The first-order valence-electron chi connectivity index (χ1n) is 13.6. The Hall–Kier alpha value is -3.19. The highest BCUT2D eigenvalue weighted by Crippen LogP contribution is 2.59. The molecule has 0 radical (unpaired) electrons. The zero-order valence-electron chi connectivity index (χ0n) is 23.2. The molecule has 2 aliphatic rings. The van der Waals surface area contributed by atoms with E-state index in [1.807, 2.05) is 0 Å². The van der Waals surface area contributed by atoms with Gasteiger partial charge in [0.05, 0.1) is 22.5 Å². The third-order valence-corrected chi connectivity index (χ3v) is 13.2. The number of pyridine rings is 1. The van der Waals surface area contributed by atoms with Gasteiger partial charge in [-0.3, -0.25) is 4.79 Å². The number of rotatable bonds is 10. The van der Waals surface area contributed by atoms with E-state index >= 15 is 0 Å². The molecule has 1 saturated carbocycles. The van der Waals surface area contributed by atoms with Crippen molar-refractivity contribution >= 4 is 29.7 Å². The van der Waals surface area contributed by atoms with Gasteiger partial charge < -0.3 is 9.30 Å². The van der Waals surface area contributed by atoms with Gasteiger partial charge in [-0.05, 0) is 55.5 Å². The fourth-order valence-electron chi connectivity index (χ4n) is 5.60. The van der Waals surface area contributed by atoms with Crippen molar-refractivity contribution in [2.75, 3.05) is 23.5 Å². The Bertz CT molecular complexity index is 1540. The van der Waals surface area contributed by atoms with Gasteiger partial charge in [0.2, 0.25) is 5.88 Å². The molecule has 1 saturated heterocycles. The summed E-state index contributed by atoms with van der Waals surface area (Å²) in [6.45, 7) is 7.10. The molecule has 1 aliphatic heterocycles. The molecule has 3 heterocycles. The summed E-state index contributed by atoms with van der Waals surface area (Å²) in [5.74, 6) is 0.135. The SMILES string of the molecule is C[C@@H]1CN(c2nc(-n3ccc(OCCC4(C(F)(F)F)CC4)n3)ccc2C(=O)CS(=O)(=O)c2ccccc2)[Si](C)(C)C1. The maximum absolute atomic E-state index is 13.5. The highest BCUT2D eigenvalue weighted by atomic mass is 32.2. The molecular formula is C28H33F3N4O4SSi. The summed E-state index contributed by atoms with van der Waals surface area (Å²) in [5.41, 5.74) is -1.42. The van der Waals surface area contributed by atoms with Crippen molar-refractivity contribution in [3.63, 3.8) is 0 Å². The van der Waals surface area contributed by atoms with Crippen molar-refractivity contribution in [2.24, 2.45) is 11.3 Å². The predicted molar refractivity (Wildman–Crippen MR) is 151 cm³/mol. The number of sulfone groups is 1. The van der Waals surface area contributed by atoms with E-state index in [0.29, 0.717) is 24.1 Å². The summed E-state index contributed by atoms with van der Waals surface area (Å²) >= 11 is 0. The minimum atomic E-state index is -4.24. The van der Waals surface area contributed by atoms with Gasteiger partial charge in [0.15, 0.2) is 29.7 Å². The van der Waals surface area contributed by atoms with Crippen LogP contribution < -0.4 is 9.30 Å². The van der Waals surface area contributed by atoms with E-state index in [9.17, 15) is 26.4 Å². The average Bonchev–Trinajstić information content (AvgIpc) is 3.47. The molecule has 8 nitrogen and oxygen atoms in total. The minimum Gasteiger partial charge on any atom is -0.477 e. The summed E-state index contributed by atoms with van der Waals surface area (Å²) in [5, 5.41) is 4.34. The van der Waals surface area contributed by atoms with E-state index in [-0.39, 0.29) is 42.2 Å². The molecule has 0 bridgehead atoms. The molecule has 2 fully saturated rings.